The van der Waals surface area contributed by atoms with E-state index in [1.807, 2.05) is 0 Å². The lowest BCUT2D eigenvalue weighted by atomic mass is 10.2. The molecule has 1 unspecified atom stereocenters. The maximum atomic E-state index is 13.6. The Balaban J connectivity index is 1.86. The molecule has 0 bridgehead atoms. The van der Waals surface area contributed by atoms with Gasteiger partial charge in [-0.05, 0) is 40.9 Å². The lowest BCUT2D eigenvalue weighted by Gasteiger charge is -2.20. The highest BCUT2D eigenvalue weighted by molar-refractivity contribution is 9.10. The SMILES string of the molecule is O=C(NC1CCCC1(F)F)c1ccc2cncc(Br)c2n1. The predicted octanol–water partition coefficient (Wildman–Crippen LogP) is 3.31. The molecule has 1 saturated carbocycles. The molecule has 7 heteroatoms. The molecular formula is C14H12BrF2N3O. The topological polar surface area (TPSA) is 54.9 Å². The summed E-state index contributed by atoms with van der Waals surface area (Å²) in [4.78, 5) is 20.3. The minimum Gasteiger partial charge on any atom is -0.342 e. The van der Waals surface area contributed by atoms with Crippen LogP contribution in [0.25, 0.3) is 10.9 Å². The van der Waals surface area contributed by atoms with Crippen molar-refractivity contribution in [2.75, 3.05) is 0 Å². The maximum Gasteiger partial charge on any atom is 0.270 e. The molecule has 3 rings (SSSR count). The third kappa shape index (κ3) is 2.74. The van der Waals surface area contributed by atoms with Crippen LogP contribution in [0.5, 0.6) is 0 Å². The van der Waals surface area contributed by atoms with E-state index in [4.69, 9.17) is 0 Å². The molecule has 110 valence electrons. The van der Waals surface area contributed by atoms with E-state index in [1.54, 1.807) is 18.5 Å². The van der Waals surface area contributed by atoms with Crippen LogP contribution in [0.4, 0.5) is 8.78 Å². The molecule has 0 radical (unpaired) electrons. The van der Waals surface area contributed by atoms with Gasteiger partial charge in [-0.2, -0.15) is 0 Å². The summed E-state index contributed by atoms with van der Waals surface area (Å²) < 4.78 is 27.8. The molecule has 4 nitrogen and oxygen atoms in total. The molecule has 1 atom stereocenters. The van der Waals surface area contributed by atoms with E-state index in [0.717, 1.165) is 5.39 Å². The Hall–Kier alpha value is -1.63. The van der Waals surface area contributed by atoms with Gasteiger partial charge in [0.2, 0.25) is 0 Å². The van der Waals surface area contributed by atoms with Crippen molar-refractivity contribution in [3.63, 3.8) is 0 Å². The van der Waals surface area contributed by atoms with Crippen molar-refractivity contribution in [2.45, 2.75) is 31.2 Å². The zero-order valence-electron chi connectivity index (χ0n) is 10.9. The Morgan fingerprint density at radius 1 is 1.38 bits per heavy atom. The van der Waals surface area contributed by atoms with Crippen molar-refractivity contribution in [2.24, 2.45) is 0 Å². The predicted molar refractivity (Wildman–Crippen MR) is 77.3 cm³/mol. The van der Waals surface area contributed by atoms with Gasteiger partial charge < -0.3 is 5.32 Å². The second-order valence-corrected chi connectivity index (χ2v) is 5.92. The standard InChI is InChI=1S/C14H12BrF2N3O/c15-9-7-18-6-8-3-4-10(19-12(8)9)13(21)20-11-2-1-5-14(11,16)17/h3-4,6-7,11H,1-2,5H2,(H,20,21). The van der Waals surface area contributed by atoms with E-state index in [1.165, 1.54) is 6.07 Å². The van der Waals surface area contributed by atoms with Crippen molar-refractivity contribution < 1.29 is 13.6 Å². The first-order valence-electron chi connectivity index (χ1n) is 6.56. The van der Waals surface area contributed by atoms with Gasteiger partial charge in [-0.25, -0.2) is 13.8 Å². The van der Waals surface area contributed by atoms with Crippen molar-refractivity contribution in [3.8, 4) is 0 Å². The van der Waals surface area contributed by atoms with Crippen LogP contribution in [0.2, 0.25) is 0 Å². The quantitative estimate of drug-likeness (QED) is 0.898. The highest BCUT2D eigenvalue weighted by Gasteiger charge is 2.44. The summed E-state index contributed by atoms with van der Waals surface area (Å²) in [6.45, 7) is 0. The van der Waals surface area contributed by atoms with Gasteiger partial charge >= 0.3 is 0 Å². The molecule has 2 aromatic heterocycles. The van der Waals surface area contributed by atoms with Crippen LogP contribution in [-0.4, -0.2) is 27.8 Å². The minimum absolute atomic E-state index is 0.122. The second kappa shape index (κ2) is 5.29. The minimum atomic E-state index is -2.84. The Kier molecular flexibility index (Phi) is 3.61. The van der Waals surface area contributed by atoms with Crippen LogP contribution in [-0.2, 0) is 0 Å². The summed E-state index contributed by atoms with van der Waals surface area (Å²) >= 11 is 3.31. The molecular weight excluding hydrogens is 344 g/mol. The van der Waals surface area contributed by atoms with Gasteiger partial charge in [-0.1, -0.05) is 0 Å². The fourth-order valence-corrected chi connectivity index (χ4v) is 2.91. The van der Waals surface area contributed by atoms with Crippen LogP contribution >= 0.6 is 15.9 Å². The Bertz CT molecular complexity index is 708. The molecule has 0 saturated heterocycles. The van der Waals surface area contributed by atoms with Crippen LogP contribution in [0.1, 0.15) is 29.8 Å². The summed E-state index contributed by atoms with van der Waals surface area (Å²) in [6, 6.07) is 2.10. The molecule has 0 aromatic carbocycles. The molecule has 1 aliphatic rings. The Morgan fingerprint density at radius 3 is 2.90 bits per heavy atom. The summed E-state index contributed by atoms with van der Waals surface area (Å²) in [5, 5.41) is 3.16. The molecule has 2 heterocycles. The number of rotatable bonds is 2. The Morgan fingerprint density at radius 2 is 2.19 bits per heavy atom. The molecule has 1 aliphatic carbocycles. The highest BCUT2D eigenvalue weighted by Crippen LogP contribution is 2.35. The third-order valence-electron chi connectivity index (χ3n) is 3.60. The average Bonchev–Trinajstić information content (AvgIpc) is 2.78. The molecule has 0 aliphatic heterocycles. The number of fused-ring (bicyclic) bond motifs is 1. The zero-order valence-corrected chi connectivity index (χ0v) is 12.5. The molecule has 21 heavy (non-hydrogen) atoms. The molecule has 0 spiro atoms. The van der Waals surface area contributed by atoms with Gasteiger partial charge in [0.15, 0.2) is 0 Å². The largest absolute Gasteiger partial charge is 0.342 e. The van der Waals surface area contributed by atoms with Crippen molar-refractivity contribution in [1.29, 1.82) is 0 Å². The molecule has 1 amide bonds. The van der Waals surface area contributed by atoms with Crippen LogP contribution < -0.4 is 5.32 Å². The lowest BCUT2D eigenvalue weighted by molar-refractivity contribution is -0.0165. The van der Waals surface area contributed by atoms with Gasteiger partial charge in [0.1, 0.15) is 5.69 Å². The number of amides is 1. The smallest absolute Gasteiger partial charge is 0.270 e. The normalized spacial score (nSPS) is 20.6. The second-order valence-electron chi connectivity index (χ2n) is 5.07. The molecule has 1 N–H and O–H groups in total. The monoisotopic (exact) mass is 355 g/mol. The first-order valence-corrected chi connectivity index (χ1v) is 7.35. The number of pyridine rings is 2. The fraction of sp³-hybridized carbons (Fsp3) is 0.357. The zero-order chi connectivity index (χ0) is 15.0. The molecule has 1 fully saturated rings. The highest BCUT2D eigenvalue weighted by atomic mass is 79.9. The first kappa shape index (κ1) is 14.3. The van der Waals surface area contributed by atoms with Crippen molar-refractivity contribution >= 4 is 32.7 Å². The number of nitrogens with one attached hydrogen (secondary N) is 1. The third-order valence-corrected chi connectivity index (χ3v) is 4.19. The number of carbonyl (C=O) groups is 1. The van der Waals surface area contributed by atoms with E-state index in [0.29, 0.717) is 22.8 Å². The number of halogens is 3. The number of hydrogen-bond acceptors (Lipinski definition) is 3. The van der Waals surface area contributed by atoms with Crippen molar-refractivity contribution in [3.05, 3.63) is 34.7 Å². The van der Waals surface area contributed by atoms with E-state index < -0.39 is 17.9 Å². The van der Waals surface area contributed by atoms with Crippen molar-refractivity contribution in [1.82, 2.24) is 15.3 Å². The number of carbonyl (C=O) groups excluding carboxylic acids is 1. The summed E-state index contributed by atoms with van der Waals surface area (Å²) in [5.41, 5.74) is 0.702. The average molecular weight is 356 g/mol. The fourth-order valence-electron chi connectivity index (χ4n) is 2.47. The van der Waals surface area contributed by atoms with E-state index in [-0.39, 0.29) is 12.1 Å². The van der Waals surface area contributed by atoms with E-state index >= 15 is 0 Å². The summed E-state index contributed by atoms with van der Waals surface area (Å²) in [6.07, 6.45) is 3.72. The number of alkyl halides is 2. The van der Waals surface area contributed by atoms with Gasteiger partial charge in [0.25, 0.3) is 11.8 Å². The summed E-state index contributed by atoms with van der Waals surface area (Å²) in [7, 11) is 0. The van der Waals surface area contributed by atoms with E-state index in [9.17, 15) is 13.6 Å². The number of aromatic nitrogens is 2. The lowest BCUT2D eigenvalue weighted by Crippen LogP contribution is -2.44. The van der Waals surface area contributed by atoms with Gasteiger partial charge in [0, 0.05) is 24.2 Å². The van der Waals surface area contributed by atoms with Crippen LogP contribution in [0.3, 0.4) is 0 Å². The van der Waals surface area contributed by atoms with E-state index in [2.05, 4.69) is 31.2 Å². The number of hydrogen-bond donors (Lipinski definition) is 1. The first-order chi connectivity index (χ1) is 9.97. The molecule has 2 aromatic rings. The van der Waals surface area contributed by atoms with Crippen LogP contribution in [0.15, 0.2) is 29.0 Å². The van der Waals surface area contributed by atoms with Crippen LogP contribution in [0, 0.1) is 0 Å². The van der Waals surface area contributed by atoms with Gasteiger partial charge in [-0.3, -0.25) is 9.78 Å². The van der Waals surface area contributed by atoms with Gasteiger partial charge in [-0.15, -0.1) is 0 Å². The number of nitrogens with zero attached hydrogens (tertiary/aromatic N) is 2. The maximum absolute atomic E-state index is 13.6. The van der Waals surface area contributed by atoms with Gasteiger partial charge in [0.05, 0.1) is 16.0 Å². The summed E-state index contributed by atoms with van der Waals surface area (Å²) in [5.74, 6) is -3.41. The Labute approximate surface area is 128 Å².